The van der Waals surface area contributed by atoms with Crippen molar-refractivity contribution in [3.63, 3.8) is 0 Å². The van der Waals surface area contributed by atoms with Gasteiger partial charge in [-0.3, -0.25) is 14.4 Å². The first-order valence-corrected chi connectivity index (χ1v) is 9.70. The fraction of sp³-hybridized carbons (Fsp3) is 0.227. The maximum Gasteiger partial charge on any atom is 0.292 e. The fourth-order valence-electron chi connectivity index (χ4n) is 2.94. The highest BCUT2D eigenvalue weighted by Gasteiger charge is 2.16. The summed E-state index contributed by atoms with van der Waals surface area (Å²) in [4.78, 5) is 36.4. The largest absolute Gasteiger partial charge is 0.326 e. The number of anilines is 1. The second-order valence-electron chi connectivity index (χ2n) is 6.78. The van der Waals surface area contributed by atoms with Crippen molar-refractivity contribution < 1.29 is 9.59 Å². The smallest absolute Gasteiger partial charge is 0.292 e. The number of amides is 2. The van der Waals surface area contributed by atoms with E-state index in [9.17, 15) is 14.4 Å². The molecule has 30 heavy (non-hydrogen) atoms. The highest BCUT2D eigenvalue weighted by molar-refractivity contribution is 6.05. The Hall–Kier alpha value is -3.81. The van der Waals surface area contributed by atoms with Crippen molar-refractivity contribution in [3.8, 4) is 0 Å². The van der Waals surface area contributed by atoms with Gasteiger partial charge in [-0.05, 0) is 30.2 Å². The minimum Gasteiger partial charge on any atom is -0.326 e. The summed E-state index contributed by atoms with van der Waals surface area (Å²) >= 11 is 0. The van der Waals surface area contributed by atoms with E-state index in [-0.39, 0.29) is 17.2 Å². The molecule has 0 aliphatic rings. The molecule has 0 fully saturated rings. The molecule has 1 heterocycles. The molecule has 0 atom stereocenters. The Bertz CT molecular complexity index is 1150. The molecule has 8 nitrogen and oxygen atoms in total. The number of aryl methyl sites for hydroxylation is 1. The van der Waals surface area contributed by atoms with Crippen molar-refractivity contribution in [3.05, 3.63) is 70.1 Å². The van der Waals surface area contributed by atoms with E-state index in [0.29, 0.717) is 23.0 Å². The lowest BCUT2D eigenvalue weighted by molar-refractivity contribution is -0.114. The van der Waals surface area contributed by atoms with E-state index in [0.717, 1.165) is 18.4 Å². The summed E-state index contributed by atoms with van der Waals surface area (Å²) in [7, 11) is 0. The highest BCUT2D eigenvalue weighted by atomic mass is 16.2. The highest BCUT2D eigenvalue weighted by Crippen LogP contribution is 2.13. The first kappa shape index (κ1) is 20.9. The van der Waals surface area contributed by atoms with Crippen LogP contribution in [0.4, 0.5) is 5.69 Å². The van der Waals surface area contributed by atoms with Gasteiger partial charge in [0.25, 0.3) is 11.5 Å². The Morgan fingerprint density at radius 2 is 1.80 bits per heavy atom. The van der Waals surface area contributed by atoms with Gasteiger partial charge in [0.1, 0.15) is 0 Å². The predicted molar refractivity (Wildman–Crippen MR) is 117 cm³/mol. The third-order valence-electron chi connectivity index (χ3n) is 4.42. The molecular weight excluding hydrogens is 382 g/mol. The molecule has 0 radical (unpaired) electrons. The van der Waals surface area contributed by atoms with E-state index < -0.39 is 5.91 Å². The Kier molecular flexibility index (Phi) is 6.69. The van der Waals surface area contributed by atoms with Crippen molar-refractivity contribution in [2.45, 2.75) is 33.2 Å². The molecule has 0 spiro atoms. The molecule has 3 rings (SSSR count). The number of hydrogen-bond donors (Lipinski definition) is 2. The summed E-state index contributed by atoms with van der Waals surface area (Å²) in [6.07, 6.45) is 3.19. The number of rotatable bonds is 7. The Morgan fingerprint density at radius 3 is 2.47 bits per heavy atom. The van der Waals surface area contributed by atoms with E-state index in [2.05, 4.69) is 20.9 Å². The molecule has 2 N–H and O–H groups in total. The molecule has 2 amide bonds. The molecule has 0 unspecified atom stereocenters. The van der Waals surface area contributed by atoms with Gasteiger partial charge in [-0.2, -0.15) is 10.2 Å². The minimum atomic E-state index is -0.498. The minimum absolute atomic E-state index is 0.149. The Labute approximate surface area is 173 Å². The van der Waals surface area contributed by atoms with Crippen molar-refractivity contribution in [1.82, 2.24) is 15.2 Å². The zero-order valence-electron chi connectivity index (χ0n) is 16.9. The summed E-state index contributed by atoms with van der Waals surface area (Å²) in [6.45, 7) is 3.91. The summed E-state index contributed by atoms with van der Waals surface area (Å²) in [6, 6.07) is 13.9. The molecule has 0 aliphatic heterocycles. The number of unbranched alkanes of at least 4 members (excludes halogenated alkanes) is 1. The van der Waals surface area contributed by atoms with Crippen LogP contribution in [0.15, 0.2) is 58.4 Å². The van der Waals surface area contributed by atoms with Crippen molar-refractivity contribution in [1.29, 1.82) is 0 Å². The molecule has 0 aliphatic carbocycles. The molecule has 0 bridgehead atoms. The molecule has 1 aromatic heterocycles. The standard InChI is InChI=1S/C22H23N5O3/c1-3-4-13-27-22(30)19-8-6-5-7-18(19)20(26-27)21(29)25-23-14-16-9-11-17(12-10-16)24-15(2)28/h5-12,14H,3-4,13H2,1-2H3,(H,24,28)(H,25,29)/b23-14+. The maximum absolute atomic E-state index is 12.7. The molecule has 8 heteroatoms. The number of aromatic nitrogens is 2. The lowest BCUT2D eigenvalue weighted by atomic mass is 10.1. The number of carbonyl (C=O) groups excluding carboxylic acids is 2. The van der Waals surface area contributed by atoms with Crippen LogP contribution in [0, 0.1) is 0 Å². The van der Waals surface area contributed by atoms with E-state index in [1.165, 1.54) is 17.8 Å². The first-order valence-electron chi connectivity index (χ1n) is 9.70. The van der Waals surface area contributed by atoms with Gasteiger partial charge in [-0.1, -0.05) is 43.7 Å². The van der Waals surface area contributed by atoms with Crippen LogP contribution < -0.4 is 16.3 Å². The number of fused-ring (bicyclic) bond motifs is 1. The van der Waals surface area contributed by atoms with Crippen LogP contribution in [0.3, 0.4) is 0 Å². The molecule has 154 valence electrons. The second kappa shape index (κ2) is 9.60. The average Bonchev–Trinajstić information content (AvgIpc) is 2.74. The topological polar surface area (TPSA) is 105 Å². The molecule has 3 aromatic rings. The van der Waals surface area contributed by atoms with Crippen LogP contribution in [0.5, 0.6) is 0 Å². The number of nitrogens with one attached hydrogen (secondary N) is 2. The van der Waals surface area contributed by atoms with Crippen LogP contribution in [0.2, 0.25) is 0 Å². The average molecular weight is 405 g/mol. The van der Waals surface area contributed by atoms with E-state index >= 15 is 0 Å². The molecule has 2 aromatic carbocycles. The number of benzene rings is 2. The maximum atomic E-state index is 12.7. The van der Waals surface area contributed by atoms with Gasteiger partial charge in [0.15, 0.2) is 5.69 Å². The zero-order chi connectivity index (χ0) is 21.5. The third-order valence-corrected chi connectivity index (χ3v) is 4.42. The van der Waals surface area contributed by atoms with Gasteiger partial charge >= 0.3 is 0 Å². The van der Waals surface area contributed by atoms with Crippen LogP contribution in [0.1, 0.15) is 42.7 Å². The predicted octanol–water partition coefficient (Wildman–Crippen LogP) is 2.92. The lowest BCUT2D eigenvalue weighted by Gasteiger charge is -2.09. The molecule has 0 saturated carbocycles. The Balaban J connectivity index is 1.81. The number of carbonyl (C=O) groups is 2. The van der Waals surface area contributed by atoms with Crippen LogP contribution >= 0.6 is 0 Å². The fourth-order valence-corrected chi connectivity index (χ4v) is 2.94. The SMILES string of the molecule is CCCCn1nc(C(=O)N/N=C/c2ccc(NC(C)=O)cc2)c2ccccc2c1=O. The quantitative estimate of drug-likeness (QED) is 0.466. The van der Waals surface area contributed by atoms with Crippen LogP contribution in [-0.4, -0.2) is 27.8 Å². The van der Waals surface area contributed by atoms with Crippen molar-refractivity contribution in [2.75, 3.05) is 5.32 Å². The Morgan fingerprint density at radius 1 is 1.10 bits per heavy atom. The van der Waals surface area contributed by atoms with Crippen molar-refractivity contribution in [2.24, 2.45) is 5.10 Å². The van der Waals surface area contributed by atoms with E-state index in [1.54, 1.807) is 48.5 Å². The lowest BCUT2D eigenvalue weighted by Crippen LogP contribution is -2.29. The number of nitrogens with zero attached hydrogens (tertiary/aromatic N) is 3. The van der Waals surface area contributed by atoms with Gasteiger partial charge in [0.05, 0.1) is 11.6 Å². The van der Waals surface area contributed by atoms with Crippen LogP contribution in [0.25, 0.3) is 10.8 Å². The van der Waals surface area contributed by atoms with Crippen LogP contribution in [-0.2, 0) is 11.3 Å². The van der Waals surface area contributed by atoms with Crippen molar-refractivity contribution >= 4 is 34.5 Å². The van der Waals surface area contributed by atoms with Gasteiger partial charge in [0.2, 0.25) is 5.91 Å². The molecular formula is C22H23N5O3. The zero-order valence-corrected chi connectivity index (χ0v) is 16.9. The number of hydrazone groups is 1. The summed E-state index contributed by atoms with van der Waals surface area (Å²) < 4.78 is 1.34. The summed E-state index contributed by atoms with van der Waals surface area (Å²) in [5.41, 5.74) is 3.83. The van der Waals surface area contributed by atoms with Gasteiger partial charge in [-0.15, -0.1) is 0 Å². The summed E-state index contributed by atoms with van der Waals surface area (Å²) in [5, 5.41) is 11.9. The summed E-state index contributed by atoms with van der Waals surface area (Å²) in [5.74, 6) is -0.647. The first-order chi connectivity index (χ1) is 14.5. The second-order valence-corrected chi connectivity index (χ2v) is 6.78. The number of hydrogen-bond acceptors (Lipinski definition) is 5. The molecule has 0 saturated heterocycles. The van der Waals surface area contributed by atoms with Gasteiger partial charge < -0.3 is 5.32 Å². The van der Waals surface area contributed by atoms with Gasteiger partial charge in [0, 0.05) is 24.5 Å². The normalized spacial score (nSPS) is 11.0. The van der Waals surface area contributed by atoms with E-state index in [4.69, 9.17) is 0 Å². The third kappa shape index (κ3) is 4.96. The monoisotopic (exact) mass is 405 g/mol. The van der Waals surface area contributed by atoms with E-state index in [1.807, 2.05) is 6.92 Å². The van der Waals surface area contributed by atoms with Gasteiger partial charge in [-0.25, -0.2) is 10.1 Å².